The lowest BCUT2D eigenvalue weighted by Crippen LogP contribution is -2.28. The molecule has 0 bridgehead atoms. The van der Waals surface area contributed by atoms with Crippen LogP contribution >= 0.6 is 0 Å². The van der Waals surface area contributed by atoms with Gasteiger partial charge in [-0.15, -0.1) is 0 Å². The minimum Gasteiger partial charge on any atom is -0.490 e. The minimum atomic E-state index is -0.172. The lowest BCUT2D eigenvalue weighted by atomic mass is 10.1. The first-order chi connectivity index (χ1) is 15.2. The first-order valence-electron chi connectivity index (χ1n) is 10.6. The van der Waals surface area contributed by atoms with E-state index in [1.807, 2.05) is 73.7 Å². The highest BCUT2D eigenvalue weighted by Gasteiger charge is 2.11. The first-order valence-corrected chi connectivity index (χ1v) is 10.6. The van der Waals surface area contributed by atoms with E-state index in [1.54, 1.807) is 0 Å². The van der Waals surface area contributed by atoms with Gasteiger partial charge in [-0.3, -0.25) is 4.79 Å². The van der Waals surface area contributed by atoms with Gasteiger partial charge in [0.15, 0.2) is 18.1 Å². The Kier molecular flexibility index (Phi) is 8.49. The van der Waals surface area contributed by atoms with Crippen molar-refractivity contribution in [2.24, 2.45) is 0 Å². The predicted octanol–water partition coefficient (Wildman–Crippen LogP) is 4.63. The fourth-order valence-electron chi connectivity index (χ4n) is 3.17. The number of rotatable bonds is 11. The molecule has 5 nitrogen and oxygen atoms in total. The maximum atomic E-state index is 12.2. The van der Waals surface area contributed by atoms with E-state index >= 15 is 0 Å². The topological polar surface area (TPSA) is 59.6 Å². The van der Waals surface area contributed by atoms with E-state index in [1.165, 1.54) is 5.56 Å². The van der Waals surface area contributed by atoms with Crippen molar-refractivity contribution < 1.29 is 14.3 Å². The lowest BCUT2D eigenvalue weighted by Gasteiger charge is -2.16. The van der Waals surface area contributed by atoms with Crippen molar-refractivity contribution in [1.29, 1.82) is 0 Å². The second-order valence-electron chi connectivity index (χ2n) is 7.28. The first kappa shape index (κ1) is 22.4. The molecule has 162 valence electrons. The molecule has 0 aliphatic rings. The van der Waals surface area contributed by atoms with Gasteiger partial charge in [-0.05, 0) is 42.7 Å². The number of hydrogen-bond donors (Lipinski definition) is 2. The molecule has 3 aromatic carbocycles. The molecule has 0 aromatic heterocycles. The summed E-state index contributed by atoms with van der Waals surface area (Å²) >= 11 is 0. The summed E-state index contributed by atoms with van der Waals surface area (Å²) in [5, 5.41) is 6.39. The number of ether oxygens (including phenoxy) is 2. The van der Waals surface area contributed by atoms with Crippen molar-refractivity contribution in [3.05, 3.63) is 95.6 Å². The van der Waals surface area contributed by atoms with Gasteiger partial charge in [0.2, 0.25) is 0 Å². The summed E-state index contributed by atoms with van der Waals surface area (Å²) in [5.41, 5.74) is 3.38. The summed E-state index contributed by atoms with van der Waals surface area (Å²) in [6.45, 7) is 5.71. The number of amides is 1. The standard InChI is InChI=1S/C26H30N2O3/c1-3-30-25-16-22(18-27-20(2)23-12-8-5-9-13-23)14-15-24(25)31-19-26(29)28-17-21-10-6-4-7-11-21/h4-16,20,27H,3,17-19H2,1-2H3,(H,28,29). The zero-order valence-corrected chi connectivity index (χ0v) is 18.1. The molecule has 0 aliphatic carbocycles. The molecule has 0 fully saturated rings. The Balaban J connectivity index is 1.53. The molecule has 1 amide bonds. The number of carbonyl (C=O) groups is 1. The molecule has 31 heavy (non-hydrogen) atoms. The second-order valence-corrected chi connectivity index (χ2v) is 7.28. The monoisotopic (exact) mass is 418 g/mol. The summed E-state index contributed by atoms with van der Waals surface area (Å²) in [5.74, 6) is 1.04. The molecule has 5 heteroatoms. The Morgan fingerprint density at radius 2 is 1.55 bits per heavy atom. The molecule has 1 unspecified atom stereocenters. The van der Waals surface area contributed by atoms with Crippen LogP contribution in [0, 0.1) is 0 Å². The smallest absolute Gasteiger partial charge is 0.258 e. The molecule has 2 N–H and O–H groups in total. The van der Waals surface area contributed by atoms with Crippen LogP contribution in [0.1, 0.15) is 36.6 Å². The van der Waals surface area contributed by atoms with Gasteiger partial charge in [0.05, 0.1) is 6.61 Å². The summed E-state index contributed by atoms with van der Waals surface area (Å²) < 4.78 is 11.5. The number of nitrogens with one attached hydrogen (secondary N) is 2. The quantitative estimate of drug-likeness (QED) is 0.477. The molecule has 0 saturated heterocycles. The summed E-state index contributed by atoms with van der Waals surface area (Å²) in [7, 11) is 0. The molecule has 3 rings (SSSR count). The molecular formula is C26H30N2O3. The average Bonchev–Trinajstić information content (AvgIpc) is 2.82. The van der Waals surface area contributed by atoms with Crippen molar-refractivity contribution in [2.75, 3.05) is 13.2 Å². The SMILES string of the molecule is CCOc1cc(CNC(C)c2ccccc2)ccc1OCC(=O)NCc1ccccc1. The van der Waals surface area contributed by atoms with Gasteiger partial charge in [-0.1, -0.05) is 66.7 Å². The molecule has 0 heterocycles. The van der Waals surface area contributed by atoms with E-state index in [-0.39, 0.29) is 18.6 Å². The highest BCUT2D eigenvalue weighted by atomic mass is 16.5. The van der Waals surface area contributed by atoms with Crippen molar-refractivity contribution in [3.63, 3.8) is 0 Å². The van der Waals surface area contributed by atoms with Crippen molar-refractivity contribution in [3.8, 4) is 11.5 Å². The van der Waals surface area contributed by atoms with Crippen LogP contribution in [-0.4, -0.2) is 19.1 Å². The van der Waals surface area contributed by atoms with Crippen molar-refractivity contribution in [2.45, 2.75) is 33.0 Å². The Morgan fingerprint density at radius 3 is 2.26 bits per heavy atom. The fourth-order valence-corrected chi connectivity index (χ4v) is 3.17. The Morgan fingerprint density at radius 1 is 0.839 bits per heavy atom. The van der Waals surface area contributed by atoms with Gasteiger partial charge in [-0.2, -0.15) is 0 Å². The minimum absolute atomic E-state index is 0.0600. The van der Waals surface area contributed by atoms with Crippen LogP contribution in [0.2, 0.25) is 0 Å². The summed E-state index contributed by atoms with van der Waals surface area (Å²) in [4.78, 5) is 12.2. The number of carbonyl (C=O) groups excluding carboxylic acids is 1. The van der Waals surface area contributed by atoms with E-state index in [9.17, 15) is 4.79 Å². The normalized spacial score (nSPS) is 11.5. The largest absolute Gasteiger partial charge is 0.490 e. The van der Waals surface area contributed by atoms with Crippen molar-refractivity contribution in [1.82, 2.24) is 10.6 Å². The zero-order chi connectivity index (χ0) is 21.9. The Hall–Kier alpha value is -3.31. The van der Waals surface area contributed by atoms with E-state index in [0.717, 1.165) is 11.1 Å². The molecule has 0 aliphatic heterocycles. The number of hydrogen-bond acceptors (Lipinski definition) is 4. The van der Waals surface area contributed by atoms with Gasteiger partial charge in [-0.25, -0.2) is 0 Å². The van der Waals surface area contributed by atoms with E-state index in [0.29, 0.717) is 31.2 Å². The van der Waals surface area contributed by atoms with Crippen LogP contribution in [0.4, 0.5) is 0 Å². The van der Waals surface area contributed by atoms with Gasteiger partial charge >= 0.3 is 0 Å². The van der Waals surface area contributed by atoms with Gasteiger partial charge in [0.1, 0.15) is 0 Å². The van der Waals surface area contributed by atoms with E-state index in [4.69, 9.17) is 9.47 Å². The maximum absolute atomic E-state index is 12.2. The Labute approximate surface area is 184 Å². The lowest BCUT2D eigenvalue weighted by molar-refractivity contribution is -0.123. The van der Waals surface area contributed by atoms with Gasteiger partial charge in [0.25, 0.3) is 5.91 Å². The third-order valence-corrected chi connectivity index (χ3v) is 4.91. The van der Waals surface area contributed by atoms with Crippen LogP contribution in [0.15, 0.2) is 78.9 Å². The summed E-state index contributed by atoms with van der Waals surface area (Å²) in [6.07, 6.45) is 0. The third kappa shape index (κ3) is 7.15. The molecule has 0 saturated carbocycles. The van der Waals surface area contributed by atoms with Crippen LogP contribution < -0.4 is 20.1 Å². The zero-order valence-electron chi connectivity index (χ0n) is 18.1. The van der Waals surface area contributed by atoms with E-state index in [2.05, 4.69) is 29.7 Å². The maximum Gasteiger partial charge on any atom is 0.258 e. The van der Waals surface area contributed by atoms with Crippen LogP contribution in [0.3, 0.4) is 0 Å². The fraction of sp³-hybridized carbons (Fsp3) is 0.269. The van der Waals surface area contributed by atoms with E-state index < -0.39 is 0 Å². The molecule has 3 aromatic rings. The Bertz CT molecular complexity index is 945. The molecule has 0 spiro atoms. The average molecular weight is 419 g/mol. The highest BCUT2D eigenvalue weighted by Crippen LogP contribution is 2.29. The van der Waals surface area contributed by atoms with Gasteiger partial charge < -0.3 is 20.1 Å². The number of benzene rings is 3. The summed E-state index contributed by atoms with van der Waals surface area (Å²) in [6, 6.07) is 26.2. The third-order valence-electron chi connectivity index (χ3n) is 4.91. The van der Waals surface area contributed by atoms with Gasteiger partial charge in [0, 0.05) is 19.1 Å². The predicted molar refractivity (Wildman–Crippen MR) is 123 cm³/mol. The molecular weight excluding hydrogens is 388 g/mol. The highest BCUT2D eigenvalue weighted by molar-refractivity contribution is 5.77. The van der Waals surface area contributed by atoms with Crippen LogP contribution in [-0.2, 0) is 17.9 Å². The second kappa shape index (κ2) is 11.8. The molecule has 1 atom stereocenters. The molecule has 0 radical (unpaired) electrons. The van der Waals surface area contributed by atoms with Crippen LogP contribution in [0.5, 0.6) is 11.5 Å². The van der Waals surface area contributed by atoms with Crippen molar-refractivity contribution >= 4 is 5.91 Å². The van der Waals surface area contributed by atoms with Crippen LogP contribution in [0.25, 0.3) is 0 Å².